The van der Waals surface area contributed by atoms with Crippen LogP contribution in [0.5, 0.6) is 5.75 Å². The summed E-state index contributed by atoms with van der Waals surface area (Å²) in [7, 11) is 1.58. The molecule has 0 spiro atoms. The van der Waals surface area contributed by atoms with Crippen LogP contribution < -0.4 is 10.1 Å². The van der Waals surface area contributed by atoms with Gasteiger partial charge in [-0.05, 0) is 42.7 Å². The Bertz CT molecular complexity index is 694. The number of amides is 1. The molecule has 1 amide bonds. The van der Waals surface area contributed by atoms with Gasteiger partial charge in [-0.3, -0.25) is 0 Å². The maximum atomic E-state index is 10.8. The molecule has 0 radical (unpaired) electrons. The van der Waals surface area contributed by atoms with Crippen LogP contribution >= 0.6 is 11.6 Å². The summed E-state index contributed by atoms with van der Waals surface area (Å²) in [5.41, 5.74) is 1.39. The van der Waals surface area contributed by atoms with E-state index in [1.807, 2.05) is 6.07 Å². The van der Waals surface area contributed by atoms with Crippen molar-refractivity contribution in [3.8, 4) is 17.6 Å². The number of benzene rings is 1. The number of rotatable bonds is 3. The van der Waals surface area contributed by atoms with Gasteiger partial charge in [-0.2, -0.15) is 0 Å². The van der Waals surface area contributed by atoms with E-state index in [4.69, 9.17) is 21.4 Å². The van der Waals surface area contributed by atoms with Crippen molar-refractivity contribution in [1.29, 1.82) is 0 Å². The van der Waals surface area contributed by atoms with Gasteiger partial charge in [-0.15, -0.1) is 0 Å². The molecule has 1 aromatic rings. The Morgan fingerprint density at radius 3 is 2.55 bits per heavy atom. The summed E-state index contributed by atoms with van der Waals surface area (Å²) in [5.74, 6) is 6.75. The van der Waals surface area contributed by atoms with Crippen molar-refractivity contribution in [1.82, 2.24) is 5.32 Å². The SMILES string of the molecule is COc1cc(Cl)c(C2(C)CC2)cc1C#CC1(NC(=O)O)CC1. The minimum absolute atomic E-state index is 0.135. The van der Waals surface area contributed by atoms with E-state index in [9.17, 15) is 4.79 Å². The second-order valence-electron chi connectivity index (χ2n) is 6.36. The highest BCUT2D eigenvalue weighted by Crippen LogP contribution is 2.51. The van der Waals surface area contributed by atoms with Crippen molar-refractivity contribution in [2.24, 2.45) is 0 Å². The lowest BCUT2D eigenvalue weighted by Gasteiger charge is -2.14. The summed E-state index contributed by atoms with van der Waals surface area (Å²) in [5, 5.41) is 12.0. The molecule has 0 bridgehead atoms. The molecular weight excluding hydrogens is 302 g/mol. The number of hydrogen-bond donors (Lipinski definition) is 2. The largest absolute Gasteiger partial charge is 0.495 e. The summed E-state index contributed by atoms with van der Waals surface area (Å²) in [4.78, 5) is 10.8. The van der Waals surface area contributed by atoms with E-state index < -0.39 is 11.6 Å². The van der Waals surface area contributed by atoms with E-state index in [0.29, 0.717) is 10.8 Å². The molecule has 0 atom stereocenters. The first-order valence-electron chi connectivity index (χ1n) is 7.30. The highest BCUT2D eigenvalue weighted by Gasteiger charge is 2.43. The van der Waals surface area contributed by atoms with Crippen LogP contribution in [0.25, 0.3) is 0 Å². The Labute approximate surface area is 134 Å². The normalized spacial score (nSPS) is 19.6. The van der Waals surface area contributed by atoms with Gasteiger partial charge in [0.1, 0.15) is 11.3 Å². The first-order chi connectivity index (χ1) is 10.4. The predicted molar refractivity (Wildman–Crippen MR) is 84.6 cm³/mol. The van der Waals surface area contributed by atoms with Crippen LogP contribution in [-0.4, -0.2) is 23.8 Å². The average molecular weight is 320 g/mol. The summed E-state index contributed by atoms with van der Waals surface area (Å²) >= 11 is 6.36. The van der Waals surface area contributed by atoms with Gasteiger partial charge >= 0.3 is 6.09 Å². The third-order valence-electron chi connectivity index (χ3n) is 4.47. The van der Waals surface area contributed by atoms with E-state index in [1.165, 1.54) is 0 Å². The number of carbonyl (C=O) groups is 1. The van der Waals surface area contributed by atoms with E-state index in [1.54, 1.807) is 13.2 Å². The number of carboxylic acid groups (broad SMARTS) is 1. The first-order valence-corrected chi connectivity index (χ1v) is 7.68. The van der Waals surface area contributed by atoms with Crippen molar-refractivity contribution < 1.29 is 14.6 Å². The first kappa shape index (κ1) is 15.1. The monoisotopic (exact) mass is 319 g/mol. The third kappa shape index (κ3) is 2.86. The number of ether oxygens (including phenoxy) is 1. The highest BCUT2D eigenvalue weighted by atomic mass is 35.5. The van der Waals surface area contributed by atoms with Crippen LogP contribution in [0.1, 0.15) is 43.7 Å². The molecule has 0 saturated heterocycles. The van der Waals surface area contributed by atoms with Crippen molar-refractivity contribution in [3.05, 3.63) is 28.3 Å². The lowest BCUT2D eigenvalue weighted by atomic mass is 9.96. The van der Waals surface area contributed by atoms with Gasteiger partial charge < -0.3 is 15.2 Å². The van der Waals surface area contributed by atoms with E-state index >= 15 is 0 Å². The van der Waals surface area contributed by atoms with E-state index in [2.05, 4.69) is 24.1 Å². The fourth-order valence-electron chi connectivity index (χ4n) is 2.54. The van der Waals surface area contributed by atoms with Gasteiger partial charge in [0.05, 0.1) is 12.7 Å². The molecule has 2 N–H and O–H groups in total. The average Bonchev–Trinajstić information content (AvgIpc) is 3.36. The standard InChI is InChI=1S/C17H18ClNO3/c1-16(5-6-16)12-9-11(14(22-2)10-13(12)18)3-4-17(7-8-17)19-15(20)21/h9-10,19H,5-8H2,1-2H3,(H,20,21). The zero-order valence-corrected chi connectivity index (χ0v) is 13.4. The Hall–Kier alpha value is -1.86. The minimum atomic E-state index is -1.04. The molecular formula is C17H18ClNO3. The molecule has 2 saturated carbocycles. The van der Waals surface area contributed by atoms with Crippen molar-refractivity contribution >= 4 is 17.7 Å². The third-order valence-corrected chi connectivity index (χ3v) is 4.78. The smallest absolute Gasteiger partial charge is 0.405 e. The van der Waals surface area contributed by atoms with Crippen molar-refractivity contribution in [3.63, 3.8) is 0 Å². The number of hydrogen-bond acceptors (Lipinski definition) is 2. The summed E-state index contributed by atoms with van der Waals surface area (Å²) in [6, 6.07) is 3.78. The number of halogens is 1. The van der Waals surface area contributed by atoms with Gasteiger partial charge in [0, 0.05) is 11.1 Å². The van der Waals surface area contributed by atoms with E-state index in [-0.39, 0.29) is 5.41 Å². The zero-order chi connectivity index (χ0) is 16.0. The van der Waals surface area contributed by atoms with Gasteiger partial charge in [0.25, 0.3) is 0 Å². The molecule has 0 aliphatic heterocycles. The Morgan fingerprint density at radius 2 is 2.05 bits per heavy atom. The lowest BCUT2D eigenvalue weighted by molar-refractivity contribution is 0.191. The summed E-state index contributed by atoms with van der Waals surface area (Å²) < 4.78 is 5.36. The van der Waals surface area contributed by atoms with Gasteiger partial charge in [-0.25, -0.2) is 4.79 Å². The molecule has 2 fully saturated rings. The maximum Gasteiger partial charge on any atom is 0.405 e. The second kappa shape index (κ2) is 5.10. The van der Waals surface area contributed by atoms with Crippen molar-refractivity contribution in [2.45, 2.75) is 43.6 Å². The van der Waals surface area contributed by atoms with Gasteiger partial charge in [0.15, 0.2) is 0 Å². The molecule has 1 aromatic carbocycles. The summed E-state index contributed by atoms with van der Waals surface area (Å²) in [6.07, 6.45) is 2.69. The molecule has 2 aliphatic rings. The molecule has 5 heteroatoms. The van der Waals surface area contributed by atoms with E-state index in [0.717, 1.165) is 36.8 Å². The van der Waals surface area contributed by atoms with Crippen LogP contribution in [0.2, 0.25) is 5.02 Å². The minimum Gasteiger partial charge on any atom is -0.495 e. The molecule has 0 unspecified atom stereocenters. The van der Waals surface area contributed by atoms with Crippen LogP contribution in [0, 0.1) is 11.8 Å². The van der Waals surface area contributed by atoms with Gasteiger partial charge in [0.2, 0.25) is 0 Å². The lowest BCUT2D eigenvalue weighted by Crippen LogP contribution is -2.34. The Balaban J connectivity index is 1.95. The number of nitrogens with one attached hydrogen (secondary N) is 1. The highest BCUT2D eigenvalue weighted by molar-refractivity contribution is 6.31. The Kier molecular flexibility index (Phi) is 3.49. The molecule has 3 rings (SSSR count). The maximum absolute atomic E-state index is 10.8. The Morgan fingerprint density at radius 1 is 1.36 bits per heavy atom. The topological polar surface area (TPSA) is 58.6 Å². The van der Waals surface area contributed by atoms with Crippen LogP contribution in [-0.2, 0) is 5.41 Å². The number of methoxy groups -OCH3 is 1. The molecule has 0 aromatic heterocycles. The van der Waals surface area contributed by atoms with Crippen LogP contribution in [0.15, 0.2) is 12.1 Å². The molecule has 2 aliphatic carbocycles. The molecule has 116 valence electrons. The zero-order valence-electron chi connectivity index (χ0n) is 12.6. The quantitative estimate of drug-likeness (QED) is 0.838. The van der Waals surface area contributed by atoms with Crippen molar-refractivity contribution in [2.75, 3.05) is 7.11 Å². The second-order valence-corrected chi connectivity index (χ2v) is 6.76. The fraction of sp³-hybridized carbons (Fsp3) is 0.471. The predicted octanol–water partition coefficient (Wildman–Crippen LogP) is 3.55. The van der Waals surface area contributed by atoms with Crippen LogP contribution in [0.3, 0.4) is 0 Å². The molecule has 4 nitrogen and oxygen atoms in total. The fourth-order valence-corrected chi connectivity index (χ4v) is 2.92. The summed E-state index contributed by atoms with van der Waals surface area (Å²) in [6.45, 7) is 2.19. The van der Waals surface area contributed by atoms with Crippen LogP contribution in [0.4, 0.5) is 4.79 Å². The molecule has 0 heterocycles. The van der Waals surface area contributed by atoms with Gasteiger partial charge in [-0.1, -0.05) is 30.4 Å². The molecule has 22 heavy (non-hydrogen) atoms.